The average Bonchev–Trinajstić information content (AvgIpc) is 3.40. The average molecular weight is 526 g/mol. The molecule has 0 bridgehead atoms. The van der Waals surface area contributed by atoms with Gasteiger partial charge in [0.1, 0.15) is 5.82 Å². The van der Waals surface area contributed by atoms with Crippen LogP contribution in [0.3, 0.4) is 0 Å². The molecule has 8 aromatic rings. The van der Waals surface area contributed by atoms with Crippen LogP contribution in [0.25, 0.3) is 72.6 Å². The Morgan fingerprint density at radius 3 is 1.66 bits per heavy atom. The molecule has 5 heteroatoms. The van der Waals surface area contributed by atoms with Crippen LogP contribution in [0.15, 0.2) is 140 Å². The zero-order valence-corrected chi connectivity index (χ0v) is 22.0. The summed E-state index contributed by atoms with van der Waals surface area (Å²) >= 11 is 0. The highest BCUT2D eigenvalue weighted by atomic mass is 15.1. The van der Waals surface area contributed by atoms with E-state index in [1.165, 1.54) is 21.5 Å². The lowest BCUT2D eigenvalue weighted by Gasteiger charge is -2.11. The van der Waals surface area contributed by atoms with Crippen molar-refractivity contribution in [3.05, 3.63) is 140 Å². The van der Waals surface area contributed by atoms with E-state index in [1.807, 2.05) is 72.9 Å². The second-order valence-corrected chi connectivity index (χ2v) is 9.98. The van der Waals surface area contributed by atoms with Gasteiger partial charge in [-0.1, -0.05) is 115 Å². The summed E-state index contributed by atoms with van der Waals surface area (Å²) in [5.74, 6) is 2.70. The van der Waals surface area contributed by atoms with E-state index in [4.69, 9.17) is 19.9 Å². The summed E-state index contributed by atoms with van der Waals surface area (Å²) in [5.41, 5.74) is 4.99. The van der Waals surface area contributed by atoms with Crippen LogP contribution >= 0.6 is 0 Å². The third-order valence-corrected chi connectivity index (χ3v) is 7.49. The Kier molecular flexibility index (Phi) is 5.38. The first-order valence-corrected chi connectivity index (χ1v) is 13.6. The molecular weight excluding hydrogens is 502 g/mol. The molecule has 0 amide bonds. The van der Waals surface area contributed by atoms with Crippen molar-refractivity contribution in [1.82, 2.24) is 24.5 Å². The molecule has 3 heterocycles. The number of hydrogen-bond donors (Lipinski definition) is 0. The van der Waals surface area contributed by atoms with Crippen molar-refractivity contribution in [1.29, 1.82) is 0 Å². The normalized spacial score (nSPS) is 11.4. The molecular formula is C36H23N5. The summed E-state index contributed by atoms with van der Waals surface area (Å²) in [5, 5.41) is 4.82. The summed E-state index contributed by atoms with van der Waals surface area (Å²) in [6.07, 6.45) is 1.86. The highest BCUT2D eigenvalue weighted by Crippen LogP contribution is 2.36. The van der Waals surface area contributed by atoms with Crippen molar-refractivity contribution >= 4 is 32.6 Å². The van der Waals surface area contributed by atoms with Crippen LogP contribution < -0.4 is 0 Å². The maximum absolute atomic E-state index is 4.97. The fourth-order valence-corrected chi connectivity index (χ4v) is 5.56. The monoisotopic (exact) mass is 525 g/mol. The Balaban J connectivity index is 1.31. The van der Waals surface area contributed by atoms with Gasteiger partial charge in [0.25, 0.3) is 0 Å². The molecule has 0 fully saturated rings. The smallest absolute Gasteiger partial charge is 0.165 e. The third kappa shape index (κ3) is 3.95. The van der Waals surface area contributed by atoms with Gasteiger partial charge in [0.15, 0.2) is 17.5 Å². The van der Waals surface area contributed by atoms with Crippen LogP contribution in [-0.2, 0) is 0 Å². The van der Waals surface area contributed by atoms with Crippen LogP contribution in [0.4, 0.5) is 0 Å². The molecule has 3 aromatic heterocycles. The van der Waals surface area contributed by atoms with Crippen molar-refractivity contribution in [3.63, 3.8) is 0 Å². The van der Waals surface area contributed by atoms with Gasteiger partial charge in [-0.15, -0.1) is 0 Å². The van der Waals surface area contributed by atoms with Crippen molar-refractivity contribution in [2.45, 2.75) is 0 Å². The van der Waals surface area contributed by atoms with E-state index in [2.05, 4.69) is 71.3 Å². The summed E-state index contributed by atoms with van der Waals surface area (Å²) in [6, 6.07) is 45.5. The van der Waals surface area contributed by atoms with Crippen molar-refractivity contribution < 1.29 is 0 Å². The summed E-state index contributed by atoms with van der Waals surface area (Å²) < 4.78 is 2.26. The van der Waals surface area contributed by atoms with Gasteiger partial charge in [0, 0.05) is 39.0 Å². The molecule has 0 saturated heterocycles. The molecule has 0 radical (unpaired) electrons. The predicted octanol–water partition coefficient (Wildman–Crippen LogP) is 8.52. The second-order valence-electron chi connectivity index (χ2n) is 9.98. The van der Waals surface area contributed by atoms with E-state index in [9.17, 15) is 0 Å². The van der Waals surface area contributed by atoms with Gasteiger partial charge in [0.2, 0.25) is 0 Å². The Morgan fingerprint density at radius 2 is 1.00 bits per heavy atom. The second kappa shape index (κ2) is 9.50. The summed E-state index contributed by atoms with van der Waals surface area (Å²) in [7, 11) is 0. The largest absolute Gasteiger partial charge is 0.293 e. The highest BCUT2D eigenvalue weighted by molar-refractivity contribution is 6.18. The molecule has 0 aliphatic carbocycles. The Bertz CT molecular complexity index is 2130. The first-order valence-electron chi connectivity index (χ1n) is 13.6. The van der Waals surface area contributed by atoms with E-state index < -0.39 is 0 Å². The first-order chi connectivity index (χ1) is 20.3. The SMILES string of the molecule is c1ccc(-c2nc(-c3ccccc3)nc(-c3ccc(-n4c5ccccc5c5ccc6ccccc6c54)nc3)n2)cc1. The molecule has 41 heavy (non-hydrogen) atoms. The molecule has 0 aliphatic rings. The third-order valence-electron chi connectivity index (χ3n) is 7.49. The summed E-state index contributed by atoms with van der Waals surface area (Å²) in [6.45, 7) is 0. The molecule has 8 rings (SSSR count). The van der Waals surface area contributed by atoms with E-state index in [0.29, 0.717) is 17.5 Å². The van der Waals surface area contributed by atoms with Crippen molar-refractivity contribution in [2.24, 2.45) is 0 Å². The number of para-hydroxylation sites is 1. The number of benzene rings is 5. The van der Waals surface area contributed by atoms with Gasteiger partial charge in [-0.2, -0.15) is 0 Å². The van der Waals surface area contributed by atoms with Crippen molar-refractivity contribution in [3.8, 4) is 40.0 Å². The lowest BCUT2D eigenvalue weighted by atomic mass is 10.1. The van der Waals surface area contributed by atoms with Crippen LogP contribution in [-0.4, -0.2) is 24.5 Å². The van der Waals surface area contributed by atoms with Gasteiger partial charge in [-0.25, -0.2) is 19.9 Å². The van der Waals surface area contributed by atoms with E-state index in [1.54, 1.807) is 0 Å². The molecule has 0 atom stereocenters. The van der Waals surface area contributed by atoms with E-state index >= 15 is 0 Å². The van der Waals surface area contributed by atoms with Gasteiger partial charge >= 0.3 is 0 Å². The first kappa shape index (κ1) is 23.2. The molecule has 5 aromatic carbocycles. The lowest BCUT2D eigenvalue weighted by Crippen LogP contribution is -2.01. The summed E-state index contributed by atoms with van der Waals surface area (Å²) in [4.78, 5) is 19.5. The van der Waals surface area contributed by atoms with Crippen LogP contribution in [0.5, 0.6) is 0 Å². The van der Waals surface area contributed by atoms with Gasteiger partial charge < -0.3 is 0 Å². The van der Waals surface area contributed by atoms with Crippen LogP contribution in [0.2, 0.25) is 0 Å². The Hall–Kier alpha value is -5.68. The van der Waals surface area contributed by atoms with Crippen LogP contribution in [0, 0.1) is 0 Å². The fraction of sp³-hybridized carbons (Fsp3) is 0. The predicted molar refractivity (Wildman–Crippen MR) is 166 cm³/mol. The molecule has 0 aliphatic heterocycles. The Labute approximate surface area is 236 Å². The molecule has 192 valence electrons. The number of fused-ring (bicyclic) bond motifs is 5. The van der Waals surface area contributed by atoms with E-state index in [0.717, 1.165) is 33.5 Å². The lowest BCUT2D eigenvalue weighted by molar-refractivity contribution is 1.05. The number of pyridine rings is 1. The molecule has 0 saturated carbocycles. The van der Waals surface area contributed by atoms with Gasteiger partial charge in [0.05, 0.1) is 11.0 Å². The number of hydrogen-bond acceptors (Lipinski definition) is 4. The zero-order chi connectivity index (χ0) is 27.2. The fourth-order valence-electron chi connectivity index (χ4n) is 5.56. The quantitative estimate of drug-likeness (QED) is 0.231. The molecule has 0 spiro atoms. The number of rotatable bonds is 4. The minimum Gasteiger partial charge on any atom is -0.293 e. The topological polar surface area (TPSA) is 56.5 Å². The minimum atomic E-state index is 0.587. The number of aromatic nitrogens is 5. The zero-order valence-electron chi connectivity index (χ0n) is 22.0. The van der Waals surface area contributed by atoms with Crippen LogP contribution in [0.1, 0.15) is 0 Å². The number of nitrogens with zero attached hydrogens (tertiary/aromatic N) is 5. The van der Waals surface area contributed by atoms with E-state index in [-0.39, 0.29) is 0 Å². The molecule has 0 unspecified atom stereocenters. The molecule has 5 nitrogen and oxygen atoms in total. The van der Waals surface area contributed by atoms with Gasteiger partial charge in [-0.3, -0.25) is 4.57 Å². The Morgan fingerprint density at radius 1 is 0.415 bits per heavy atom. The maximum Gasteiger partial charge on any atom is 0.165 e. The minimum absolute atomic E-state index is 0.587. The standard InChI is InChI=1S/C36H23N5/c1-3-12-25(13-4-1)34-38-35(26-14-5-2-6-15-26)40-36(39-34)27-20-22-32(37-23-27)41-31-18-10-9-17-29(31)30-21-19-24-11-7-8-16-28(24)33(30)41/h1-23H. The van der Waals surface area contributed by atoms with Gasteiger partial charge in [-0.05, 0) is 23.6 Å². The molecule has 0 N–H and O–H groups in total. The maximum atomic E-state index is 4.97. The van der Waals surface area contributed by atoms with Crippen molar-refractivity contribution in [2.75, 3.05) is 0 Å². The highest BCUT2D eigenvalue weighted by Gasteiger charge is 2.17.